The van der Waals surface area contributed by atoms with Crippen molar-refractivity contribution in [3.05, 3.63) is 46.9 Å². The van der Waals surface area contributed by atoms with E-state index in [0.717, 1.165) is 42.3 Å². The number of nitrogens with zero attached hydrogens (tertiary/aromatic N) is 3. The van der Waals surface area contributed by atoms with Crippen LogP contribution in [0.15, 0.2) is 24.3 Å². The Balaban J connectivity index is 1.44. The van der Waals surface area contributed by atoms with Gasteiger partial charge in [0.05, 0.1) is 5.69 Å². The van der Waals surface area contributed by atoms with Crippen LogP contribution in [0.5, 0.6) is 11.6 Å². The van der Waals surface area contributed by atoms with E-state index in [-0.39, 0.29) is 6.04 Å². The molecule has 4 heterocycles. The summed E-state index contributed by atoms with van der Waals surface area (Å²) in [4.78, 5) is 11.8. The largest absolute Gasteiger partial charge is 0.484 e. The average molecular weight is 367 g/mol. The summed E-state index contributed by atoms with van der Waals surface area (Å²) in [6, 6.07) is 8.83. The zero-order valence-corrected chi connectivity index (χ0v) is 16.6. The molecule has 0 bridgehead atoms. The van der Waals surface area contributed by atoms with Crippen molar-refractivity contribution in [2.45, 2.75) is 46.1 Å². The minimum Gasteiger partial charge on any atom is -0.484 e. The molecule has 27 heavy (non-hydrogen) atoms. The molecule has 1 fully saturated rings. The molecule has 0 unspecified atom stereocenters. The number of hydrogen-bond donors (Lipinski definition) is 0. The predicted molar refractivity (Wildman–Crippen MR) is 105 cm³/mol. The summed E-state index contributed by atoms with van der Waals surface area (Å²) in [6.45, 7) is 9.83. The van der Waals surface area contributed by atoms with Crippen LogP contribution < -0.4 is 9.47 Å². The second-order valence-electron chi connectivity index (χ2n) is 7.88. The number of piperidine rings is 1. The Morgan fingerprint density at radius 2 is 1.89 bits per heavy atom. The van der Waals surface area contributed by atoms with Gasteiger partial charge < -0.3 is 9.47 Å². The molecule has 2 aliphatic rings. The van der Waals surface area contributed by atoms with E-state index in [4.69, 9.17) is 14.5 Å². The maximum Gasteiger partial charge on any atom is 0.257 e. The molecule has 1 saturated heterocycles. The third-order valence-corrected chi connectivity index (χ3v) is 5.62. The molecule has 5 heteroatoms. The summed E-state index contributed by atoms with van der Waals surface area (Å²) >= 11 is 0. The van der Waals surface area contributed by atoms with Crippen LogP contribution >= 0.6 is 0 Å². The van der Waals surface area contributed by atoms with Crippen molar-refractivity contribution < 1.29 is 9.47 Å². The molecule has 0 N–H and O–H groups in total. The van der Waals surface area contributed by atoms with Gasteiger partial charge in [0.1, 0.15) is 13.2 Å². The number of pyridine rings is 2. The van der Waals surface area contributed by atoms with Gasteiger partial charge in [0.2, 0.25) is 0 Å². The molecule has 0 aliphatic carbocycles. The number of aryl methyl sites for hydroxylation is 2. The van der Waals surface area contributed by atoms with Gasteiger partial charge in [-0.3, -0.25) is 9.88 Å². The lowest BCUT2D eigenvalue weighted by molar-refractivity contribution is 0.126. The van der Waals surface area contributed by atoms with Crippen LogP contribution in [0, 0.1) is 19.8 Å². The van der Waals surface area contributed by atoms with Crippen molar-refractivity contribution in [1.29, 1.82) is 0 Å². The maximum atomic E-state index is 5.66. The summed E-state index contributed by atoms with van der Waals surface area (Å²) in [7, 11) is 0. The Morgan fingerprint density at radius 3 is 2.70 bits per heavy atom. The van der Waals surface area contributed by atoms with Crippen LogP contribution in [0.1, 0.15) is 48.5 Å². The third-order valence-electron chi connectivity index (χ3n) is 5.62. The molecule has 0 saturated carbocycles. The van der Waals surface area contributed by atoms with Gasteiger partial charge in [0.15, 0.2) is 5.75 Å². The van der Waals surface area contributed by atoms with Gasteiger partial charge in [-0.2, -0.15) is 0 Å². The SMILES string of the molecule is Cc1cc(C[C@H]2CCCN([C@@H](C)c3ccc4c(n3)OCCO4)C2)cc(C)n1. The number of rotatable bonds is 4. The Labute approximate surface area is 161 Å². The van der Waals surface area contributed by atoms with E-state index in [2.05, 4.69) is 48.9 Å². The first-order valence-corrected chi connectivity index (χ1v) is 10.0. The average Bonchev–Trinajstić information content (AvgIpc) is 2.66. The summed E-state index contributed by atoms with van der Waals surface area (Å²) < 4.78 is 11.3. The van der Waals surface area contributed by atoms with Gasteiger partial charge in [0, 0.05) is 24.0 Å². The topological polar surface area (TPSA) is 47.5 Å². The van der Waals surface area contributed by atoms with Gasteiger partial charge in [-0.1, -0.05) is 0 Å². The van der Waals surface area contributed by atoms with Crippen molar-refractivity contribution in [3.8, 4) is 11.6 Å². The van der Waals surface area contributed by atoms with E-state index in [0.29, 0.717) is 25.0 Å². The zero-order valence-electron chi connectivity index (χ0n) is 16.6. The van der Waals surface area contributed by atoms with E-state index in [9.17, 15) is 0 Å². The molecular weight excluding hydrogens is 338 g/mol. The monoisotopic (exact) mass is 367 g/mol. The van der Waals surface area contributed by atoms with Crippen LogP contribution in [-0.4, -0.2) is 41.2 Å². The first-order valence-electron chi connectivity index (χ1n) is 10.0. The van der Waals surface area contributed by atoms with Crippen molar-refractivity contribution in [1.82, 2.24) is 14.9 Å². The van der Waals surface area contributed by atoms with E-state index in [1.807, 2.05) is 6.07 Å². The van der Waals surface area contributed by atoms with Crippen LogP contribution in [0.25, 0.3) is 0 Å². The molecule has 0 aromatic carbocycles. The van der Waals surface area contributed by atoms with Crippen LogP contribution in [0.3, 0.4) is 0 Å². The zero-order chi connectivity index (χ0) is 18.8. The molecule has 144 valence electrons. The minimum atomic E-state index is 0.282. The van der Waals surface area contributed by atoms with E-state index < -0.39 is 0 Å². The summed E-state index contributed by atoms with van der Waals surface area (Å²) in [5, 5.41) is 0. The highest BCUT2D eigenvalue weighted by atomic mass is 16.6. The first kappa shape index (κ1) is 18.2. The molecule has 2 aromatic rings. The second-order valence-corrected chi connectivity index (χ2v) is 7.88. The molecule has 0 amide bonds. The molecular formula is C22H29N3O2. The first-order chi connectivity index (χ1) is 13.1. The van der Waals surface area contributed by atoms with Gasteiger partial charge >= 0.3 is 0 Å². The highest BCUT2D eigenvalue weighted by molar-refractivity contribution is 5.36. The van der Waals surface area contributed by atoms with Gasteiger partial charge in [0.25, 0.3) is 5.88 Å². The Kier molecular flexibility index (Phi) is 5.30. The second kappa shape index (κ2) is 7.85. The lowest BCUT2D eigenvalue weighted by atomic mass is 9.90. The number of ether oxygens (including phenoxy) is 2. The smallest absolute Gasteiger partial charge is 0.257 e. The highest BCUT2D eigenvalue weighted by Crippen LogP contribution is 2.32. The highest BCUT2D eigenvalue weighted by Gasteiger charge is 2.26. The van der Waals surface area contributed by atoms with Crippen LogP contribution in [-0.2, 0) is 6.42 Å². The minimum absolute atomic E-state index is 0.282. The lowest BCUT2D eigenvalue weighted by Gasteiger charge is -2.37. The Hall–Kier alpha value is -2.14. The van der Waals surface area contributed by atoms with E-state index in [1.54, 1.807) is 0 Å². The maximum absolute atomic E-state index is 5.66. The molecule has 4 rings (SSSR count). The Bertz CT molecular complexity index is 788. The molecule has 0 spiro atoms. The van der Waals surface area contributed by atoms with Gasteiger partial charge in [-0.05, 0) is 82.3 Å². The van der Waals surface area contributed by atoms with Crippen LogP contribution in [0.4, 0.5) is 0 Å². The fraction of sp³-hybridized carbons (Fsp3) is 0.545. The molecule has 2 aliphatic heterocycles. The normalized spacial score (nSPS) is 21.1. The van der Waals surface area contributed by atoms with Crippen LogP contribution in [0.2, 0.25) is 0 Å². The molecule has 2 atom stereocenters. The van der Waals surface area contributed by atoms with E-state index >= 15 is 0 Å². The molecule has 5 nitrogen and oxygen atoms in total. The number of fused-ring (bicyclic) bond motifs is 1. The van der Waals surface area contributed by atoms with Crippen molar-refractivity contribution >= 4 is 0 Å². The Morgan fingerprint density at radius 1 is 1.11 bits per heavy atom. The van der Waals surface area contributed by atoms with E-state index in [1.165, 1.54) is 18.4 Å². The number of likely N-dealkylation sites (tertiary alicyclic amines) is 1. The molecule has 0 radical (unpaired) electrons. The third kappa shape index (κ3) is 4.24. The van der Waals surface area contributed by atoms with Crippen molar-refractivity contribution in [2.75, 3.05) is 26.3 Å². The van der Waals surface area contributed by atoms with Crippen molar-refractivity contribution in [2.24, 2.45) is 5.92 Å². The standard InChI is InChI=1S/C22H29N3O2/c1-15-11-19(12-16(2)23-15)13-18-5-4-8-25(14-18)17(3)20-6-7-21-22(24-20)27-10-9-26-21/h6-7,11-12,17-18H,4-5,8-10,13-14H2,1-3H3/t17-,18+/m0/s1. The summed E-state index contributed by atoms with van der Waals surface area (Å²) in [5.74, 6) is 2.08. The lowest BCUT2D eigenvalue weighted by Crippen LogP contribution is -2.38. The fourth-order valence-electron chi connectivity index (χ4n) is 4.35. The predicted octanol–water partition coefficient (Wildman–Crippen LogP) is 3.88. The van der Waals surface area contributed by atoms with Crippen molar-refractivity contribution in [3.63, 3.8) is 0 Å². The number of hydrogen-bond acceptors (Lipinski definition) is 5. The summed E-state index contributed by atoms with van der Waals surface area (Å²) in [6.07, 6.45) is 3.66. The van der Waals surface area contributed by atoms with Gasteiger partial charge in [-0.25, -0.2) is 4.98 Å². The number of aromatic nitrogens is 2. The fourth-order valence-corrected chi connectivity index (χ4v) is 4.35. The van der Waals surface area contributed by atoms with Gasteiger partial charge in [-0.15, -0.1) is 0 Å². The summed E-state index contributed by atoms with van der Waals surface area (Å²) in [5.41, 5.74) is 4.71. The quantitative estimate of drug-likeness (QED) is 0.821. The molecule has 2 aromatic heterocycles.